The monoisotopic (exact) mass is 163 g/mol. The average molecular weight is 163 g/mol. The summed E-state index contributed by atoms with van der Waals surface area (Å²) in [5, 5.41) is 9.15. The van der Waals surface area contributed by atoms with Gasteiger partial charge in [0.1, 0.15) is 0 Å². The summed E-state index contributed by atoms with van der Waals surface area (Å²) in [6.45, 7) is 0.0456. The number of aryl methyl sites for hydroxylation is 1. The molecule has 12 heavy (non-hydrogen) atoms. The SMILES string of the molecule is N[C@]1(CO)CCc2ccccc21. The van der Waals surface area contributed by atoms with Crippen molar-refractivity contribution in [2.24, 2.45) is 5.73 Å². The van der Waals surface area contributed by atoms with Gasteiger partial charge < -0.3 is 10.8 Å². The largest absolute Gasteiger partial charge is 0.394 e. The summed E-state index contributed by atoms with van der Waals surface area (Å²) in [4.78, 5) is 0. The lowest BCUT2D eigenvalue weighted by atomic mass is 9.94. The van der Waals surface area contributed by atoms with Gasteiger partial charge in [0.25, 0.3) is 0 Å². The molecule has 2 heteroatoms. The minimum Gasteiger partial charge on any atom is -0.394 e. The molecule has 0 saturated carbocycles. The number of hydrogen-bond acceptors (Lipinski definition) is 2. The van der Waals surface area contributed by atoms with Gasteiger partial charge >= 0.3 is 0 Å². The first-order valence-electron chi connectivity index (χ1n) is 4.24. The van der Waals surface area contributed by atoms with Crippen molar-refractivity contribution < 1.29 is 5.11 Å². The molecule has 2 rings (SSSR count). The van der Waals surface area contributed by atoms with E-state index in [1.54, 1.807) is 0 Å². The standard InChI is InChI=1S/C10H13NO/c11-10(7-12)6-5-8-3-1-2-4-9(8)10/h1-4,12H,5-7,11H2/t10-/m0/s1. The van der Waals surface area contributed by atoms with Crippen LogP contribution < -0.4 is 5.73 Å². The highest BCUT2D eigenvalue weighted by molar-refractivity contribution is 5.38. The van der Waals surface area contributed by atoms with Crippen LogP contribution in [0.3, 0.4) is 0 Å². The van der Waals surface area contributed by atoms with E-state index >= 15 is 0 Å². The Hall–Kier alpha value is -0.860. The maximum Gasteiger partial charge on any atom is 0.0653 e. The predicted molar refractivity (Wildman–Crippen MR) is 47.7 cm³/mol. The first-order valence-corrected chi connectivity index (χ1v) is 4.24. The van der Waals surface area contributed by atoms with Gasteiger partial charge in [0.05, 0.1) is 12.1 Å². The number of benzene rings is 1. The normalized spacial score (nSPS) is 27.2. The van der Waals surface area contributed by atoms with Crippen LogP contribution in [0, 0.1) is 0 Å². The number of nitrogens with two attached hydrogens (primary N) is 1. The van der Waals surface area contributed by atoms with Gasteiger partial charge in [0, 0.05) is 0 Å². The van der Waals surface area contributed by atoms with Crippen LogP contribution >= 0.6 is 0 Å². The number of fused-ring (bicyclic) bond motifs is 1. The summed E-state index contributed by atoms with van der Waals surface area (Å²) < 4.78 is 0. The molecule has 1 aromatic carbocycles. The number of rotatable bonds is 1. The fourth-order valence-electron chi connectivity index (χ4n) is 1.88. The summed E-state index contributed by atoms with van der Waals surface area (Å²) in [5.74, 6) is 0. The topological polar surface area (TPSA) is 46.2 Å². The number of aliphatic hydroxyl groups is 1. The van der Waals surface area contributed by atoms with Gasteiger partial charge in [-0.25, -0.2) is 0 Å². The molecule has 1 aromatic rings. The Morgan fingerprint density at radius 1 is 1.42 bits per heavy atom. The smallest absolute Gasteiger partial charge is 0.0653 e. The molecule has 0 unspecified atom stereocenters. The molecule has 2 nitrogen and oxygen atoms in total. The highest BCUT2D eigenvalue weighted by atomic mass is 16.3. The third-order valence-corrected chi connectivity index (χ3v) is 2.68. The third-order valence-electron chi connectivity index (χ3n) is 2.68. The summed E-state index contributed by atoms with van der Waals surface area (Å²) in [7, 11) is 0. The maximum absolute atomic E-state index is 9.15. The van der Waals surface area contributed by atoms with Gasteiger partial charge in [0.2, 0.25) is 0 Å². The van der Waals surface area contributed by atoms with Crippen LogP contribution in [0.2, 0.25) is 0 Å². The molecule has 1 atom stereocenters. The van der Waals surface area contributed by atoms with E-state index in [1.807, 2.05) is 18.2 Å². The van der Waals surface area contributed by atoms with Crippen molar-refractivity contribution in [2.75, 3.05) is 6.61 Å². The zero-order valence-electron chi connectivity index (χ0n) is 6.96. The highest BCUT2D eigenvalue weighted by Gasteiger charge is 2.33. The van der Waals surface area contributed by atoms with Gasteiger partial charge in [-0.2, -0.15) is 0 Å². The zero-order chi connectivity index (χ0) is 8.60. The summed E-state index contributed by atoms with van der Waals surface area (Å²) in [6.07, 6.45) is 1.86. The fraction of sp³-hybridized carbons (Fsp3) is 0.400. The number of hydrogen-bond donors (Lipinski definition) is 2. The highest BCUT2D eigenvalue weighted by Crippen LogP contribution is 2.33. The fourth-order valence-corrected chi connectivity index (χ4v) is 1.88. The van der Waals surface area contributed by atoms with Crippen LogP contribution in [0.25, 0.3) is 0 Å². The van der Waals surface area contributed by atoms with Crippen molar-refractivity contribution in [1.82, 2.24) is 0 Å². The third kappa shape index (κ3) is 0.958. The van der Waals surface area contributed by atoms with E-state index < -0.39 is 5.54 Å². The van der Waals surface area contributed by atoms with Crippen LogP contribution in [0.1, 0.15) is 17.5 Å². The van der Waals surface area contributed by atoms with E-state index in [0.717, 1.165) is 18.4 Å². The Morgan fingerprint density at radius 2 is 2.17 bits per heavy atom. The first kappa shape index (κ1) is 7.77. The van der Waals surface area contributed by atoms with Crippen molar-refractivity contribution in [1.29, 1.82) is 0 Å². The lowest BCUT2D eigenvalue weighted by Crippen LogP contribution is -2.37. The van der Waals surface area contributed by atoms with E-state index in [0.29, 0.717) is 0 Å². The maximum atomic E-state index is 9.15. The zero-order valence-corrected chi connectivity index (χ0v) is 6.96. The minimum absolute atomic E-state index is 0.0456. The molecule has 3 N–H and O–H groups in total. The van der Waals surface area contributed by atoms with Gasteiger partial charge in [-0.1, -0.05) is 24.3 Å². The number of aliphatic hydroxyl groups excluding tert-OH is 1. The van der Waals surface area contributed by atoms with Crippen LogP contribution in [0.5, 0.6) is 0 Å². The molecular weight excluding hydrogens is 150 g/mol. The Bertz CT molecular complexity index is 298. The second-order valence-electron chi connectivity index (χ2n) is 3.47. The second kappa shape index (κ2) is 2.57. The molecule has 1 aliphatic carbocycles. The summed E-state index contributed by atoms with van der Waals surface area (Å²) >= 11 is 0. The van der Waals surface area contributed by atoms with E-state index in [-0.39, 0.29) is 6.61 Å². The van der Waals surface area contributed by atoms with Crippen molar-refractivity contribution >= 4 is 0 Å². The van der Waals surface area contributed by atoms with Crippen molar-refractivity contribution in [3.63, 3.8) is 0 Å². The molecule has 0 spiro atoms. The van der Waals surface area contributed by atoms with Gasteiger partial charge in [-0.05, 0) is 24.0 Å². The molecule has 1 aliphatic rings. The average Bonchev–Trinajstić information content (AvgIpc) is 2.46. The van der Waals surface area contributed by atoms with Crippen molar-refractivity contribution in [3.05, 3.63) is 35.4 Å². The molecule has 0 fully saturated rings. The summed E-state index contributed by atoms with van der Waals surface area (Å²) in [5.41, 5.74) is 7.95. The van der Waals surface area contributed by atoms with Crippen LogP contribution in [0.15, 0.2) is 24.3 Å². The molecule has 0 amide bonds. The molecule has 0 bridgehead atoms. The first-order chi connectivity index (χ1) is 5.76. The Labute approximate surface area is 72.0 Å². The molecule has 0 saturated heterocycles. The molecule has 0 aliphatic heterocycles. The lowest BCUT2D eigenvalue weighted by Gasteiger charge is -2.21. The molecule has 0 heterocycles. The Kier molecular flexibility index (Phi) is 1.67. The van der Waals surface area contributed by atoms with E-state index in [2.05, 4.69) is 6.07 Å². The lowest BCUT2D eigenvalue weighted by molar-refractivity contribution is 0.197. The van der Waals surface area contributed by atoms with Gasteiger partial charge in [-0.15, -0.1) is 0 Å². The van der Waals surface area contributed by atoms with Gasteiger partial charge in [-0.3, -0.25) is 0 Å². The molecule has 0 aromatic heterocycles. The van der Waals surface area contributed by atoms with Crippen molar-refractivity contribution in [2.45, 2.75) is 18.4 Å². The van der Waals surface area contributed by atoms with Crippen LogP contribution in [-0.4, -0.2) is 11.7 Å². The van der Waals surface area contributed by atoms with Crippen LogP contribution in [0.4, 0.5) is 0 Å². The minimum atomic E-state index is -0.476. The molecule has 0 radical (unpaired) electrons. The van der Waals surface area contributed by atoms with E-state index in [4.69, 9.17) is 10.8 Å². The Balaban J connectivity index is 2.49. The Morgan fingerprint density at radius 3 is 2.92 bits per heavy atom. The predicted octanol–water partition coefficient (Wildman–Crippen LogP) is 0.779. The van der Waals surface area contributed by atoms with Crippen LogP contribution in [-0.2, 0) is 12.0 Å². The van der Waals surface area contributed by atoms with Crippen molar-refractivity contribution in [3.8, 4) is 0 Å². The van der Waals surface area contributed by atoms with E-state index in [1.165, 1.54) is 5.56 Å². The molecular formula is C10H13NO. The summed E-state index contributed by atoms with van der Waals surface area (Å²) in [6, 6.07) is 8.08. The van der Waals surface area contributed by atoms with Gasteiger partial charge in [0.15, 0.2) is 0 Å². The molecule has 64 valence electrons. The quantitative estimate of drug-likeness (QED) is 0.642. The van der Waals surface area contributed by atoms with E-state index in [9.17, 15) is 0 Å². The second-order valence-corrected chi connectivity index (χ2v) is 3.47.